The lowest BCUT2D eigenvalue weighted by atomic mass is 10.0. The molecule has 1 fully saturated rings. The first kappa shape index (κ1) is 12.6. The predicted octanol–water partition coefficient (Wildman–Crippen LogP) is 3.42. The highest BCUT2D eigenvalue weighted by molar-refractivity contribution is 6.22. The average molecular weight is 279 g/mol. The minimum absolute atomic E-state index is 0.416. The van der Waals surface area contributed by atoms with Crippen LogP contribution in [0, 0.1) is 0 Å². The number of rotatable bonds is 3. The van der Waals surface area contributed by atoms with Crippen LogP contribution in [0.1, 0.15) is 42.5 Å². The largest absolute Gasteiger partial charge is 0.420 e. The minimum atomic E-state index is -0.460. The first-order chi connectivity index (χ1) is 9.19. The zero-order chi connectivity index (χ0) is 13.3. The van der Waals surface area contributed by atoms with Crippen LogP contribution >= 0.6 is 11.6 Å². The average Bonchev–Trinajstić information content (AvgIpc) is 3.08. The van der Waals surface area contributed by atoms with E-state index in [-0.39, 0.29) is 0 Å². The fraction of sp³-hybridized carbons (Fsp3) is 0.429. The highest BCUT2D eigenvalue weighted by Gasteiger charge is 2.37. The number of nitrogens with zero attached hydrogens (tertiary/aromatic N) is 2. The Kier molecular flexibility index (Phi) is 3.29. The van der Waals surface area contributed by atoms with E-state index >= 15 is 0 Å². The second kappa shape index (κ2) is 4.94. The van der Waals surface area contributed by atoms with E-state index in [1.807, 2.05) is 37.3 Å². The fourth-order valence-corrected chi connectivity index (χ4v) is 2.50. The Morgan fingerprint density at radius 2 is 2.05 bits per heavy atom. The van der Waals surface area contributed by atoms with Crippen molar-refractivity contribution in [3.63, 3.8) is 0 Å². The summed E-state index contributed by atoms with van der Waals surface area (Å²) < 4.78 is 11.4. The SMILES string of the molecule is CC1(c2nnc(C(Cl)c3ccccc3)o2)CCCO1. The van der Waals surface area contributed by atoms with Crippen molar-refractivity contribution in [1.82, 2.24) is 10.2 Å². The third-order valence-corrected chi connectivity index (χ3v) is 3.86. The molecule has 1 aromatic heterocycles. The molecule has 19 heavy (non-hydrogen) atoms. The normalized spacial score (nSPS) is 24.5. The van der Waals surface area contributed by atoms with Gasteiger partial charge in [0, 0.05) is 6.61 Å². The van der Waals surface area contributed by atoms with Crippen LogP contribution in [0.4, 0.5) is 0 Å². The Morgan fingerprint density at radius 1 is 1.26 bits per heavy atom. The maximum absolute atomic E-state index is 6.36. The second-order valence-corrected chi connectivity index (χ2v) is 5.34. The summed E-state index contributed by atoms with van der Waals surface area (Å²) in [5.41, 5.74) is 0.482. The van der Waals surface area contributed by atoms with Gasteiger partial charge >= 0.3 is 0 Å². The highest BCUT2D eigenvalue weighted by Crippen LogP contribution is 2.36. The van der Waals surface area contributed by atoms with Crippen LogP contribution in [0.3, 0.4) is 0 Å². The standard InChI is InChI=1S/C14H15ClN2O2/c1-14(8-5-9-18-14)13-17-16-12(19-13)11(15)10-6-3-2-4-7-10/h2-4,6-7,11H,5,8-9H2,1H3. The van der Waals surface area contributed by atoms with Gasteiger partial charge in [0.25, 0.3) is 0 Å². The molecule has 3 rings (SSSR count). The molecule has 0 aliphatic carbocycles. The lowest BCUT2D eigenvalue weighted by molar-refractivity contribution is -0.00609. The summed E-state index contributed by atoms with van der Waals surface area (Å²) >= 11 is 6.36. The molecule has 1 aromatic carbocycles. The molecule has 0 spiro atoms. The molecule has 1 aliphatic heterocycles. The monoisotopic (exact) mass is 278 g/mol. The Balaban J connectivity index is 1.85. The second-order valence-electron chi connectivity index (χ2n) is 4.90. The number of benzene rings is 1. The van der Waals surface area contributed by atoms with E-state index in [1.165, 1.54) is 0 Å². The van der Waals surface area contributed by atoms with Crippen molar-refractivity contribution in [2.75, 3.05) is 6.61 Å². The molecule has 1 saturated heterocycles. The van der Waals surface area contributed by atoms with Gasteiger partial charge in [-0.05, 0) is 25.3 Å². The molecule has 2 atom stereocenters. The lowest BCUT2D eigenvalue weighted by Gasteiger charge is -2.17. The van der Waals surface area contributed by atoms with E-state index in [0.29, 0.717) is 11.8 Å². The maximum atomic E-state index is 6.36. The summed E-state index contributed by atoms with van der Waals surface area (Å²) in [7, 11) is 0. The fourth-order valence-electron chi connectivity index (χ4n) is 2.26. The van der Waals surface area contributed by atoms with Gasteiger partial charge in [0.2, 0.25) is 11.8 Å². The van der Waals surface area contributed by atoms with Crippen molar-refractivity contribution in [3.05, 3.63) is 47.7 Å². The molecule has 5 heteroatoms. The molecule has 0 N–H and O–H groups in total. The molecule has 2 aromatic rings. The van der Waals surface area contributed by atoms with Crippen molar-refractivity contribution in [1.29, 1.82) is 0 Å². The van der Waals surface area contributed by atoms with Gasteiger partial charge < -0.3 is 9.15 Å². The quantitative estimate of drug-likeness (QED) is 0.807. The number of alkyl halides is 1. The van der Waals surface area contributed by atoms with Gasteiger partial charge in [0.05, 0.1) is 0 Å². The van der Waals surface area contributed by atoms with Crippen LogP contribution in [0.2, 0.25) is 0 Å². The number of halogens is 1. The Hall–Kier alpha value is -1.39. The van der Waals surface area contributed by atoms with Gasteiger partial charge in [0.1, 0.15) is 11.0 Å². The van der Waals surface area contributed by atoms with Crippen LogP contribution in [0.5, 0.6) is 0 Å². The number of hydrogen-bond donors (Lipinski definition) is 0. The van der Waals surface area contributed by atoms with E-state index in [1.54, 1.807) is 0 Å². The van der Waals surface area contributed by atoms with E-state index in [4.69, 9.17) is 20.8 Å². The van der Waals surface area contributed by atoms with Crippen LogP contribution in [-0.4, -0.2) is 16.8 Å². The van der Waals surface area contributed by atoms with Crippen LogP contribution in [-0.2, 0) is 10.3 Å². The number of ether oxygens (including phenoxy) is 1. The molecular formula is C14H15ClN2O2. The molecular weight excluding hydrogens is 264 g/mol. The summed E-state index contributed by atoms with van der Waals surface area (Å²) in [5, 5.41) is 7.72. The summed E-state index contributed by atoms with van der Waals surface area (Å²) in [6, 6.07) is 9.69. The number of hydrogen-bond acceptors (Lipinski definition) is 4. The van der Waals surface area contributed by atoms with Crippen molar-refractivity contribution < 1.29 is 9.15 Å². The Labute approximate surface area is 116 Å². The topological polar surface area (TPSA) is 48.2 Å². The van der Waals surface area contributed by atoms with Gasteiger partial charge in [-0.2, -0.15) is 0 Å². The molecule has 0 radical (unpaired) electrons. The molecule has 0 bridgehead atoms. The van der Waals surface area contributed by atoms with Crippen LogP contribution in [0.25, 0.3) is 0 Å². The third-order valence-electron chi connectivity index (χ3n) is 3.42. The summed E-state index contributed by atoms with van der Waals surface area (Å²) in [6.45, 7) is 2.71. The first-order valence-corrected chi connectivity index (χ1v) is 6.79. The number of aromatic nitrogens is 2. The predicted molar refractivity (Wildman–Crippen MR) is 71.0 cm³/mol. The summed E-state index contributed by atoms with van der Waals surface area (Å²) in [4.78, 5) is 0. The van der Waals surface area contributed by atoms with Gasteiger partial charge in [-0.25, -0.2) is 0 Å². The van der Waals surface area contributed by atoms with E-state index < -0.39 is 11.0 Å². The van der Waals surface area contributed by atoms with Crippen molar-refractivity contribution >= 4 is 11.6 Å². The highest BCUT2D eigenvalue weighted by atomic mass is 35.5. The molecule has 0 amide bonds. The lowest BCUT2D eigenvalue weighted by Crippen LogP contribution is -2.20. The Morgan fingerprint density at radius 3 is 2.74 bits per heavy atom. The molecule has 0 saturated carbocycles. The maximum Gasteiger partial charge on any atom is 0.248 e. The first-order valence-electron chi connectivity index (χ1n) is 6.36. The zero-order valence-corrected chi connectivity index (χ0v) is 11.4. The van der Waals surface area contributed by atoms with Gasteiger partial charge in [-0.1, -0.05) is 30.3 Å². The van der Waals surface area contributed by atoms with E-state index in [0.717, 1.165) is 25.0 Å². The van der Waals surface area contributed by atoms with E-state index in [9.17, 15) is 0 Å². The molecule has 1 aliphatic rings. The molecule has 4 nitrogen and oxygen atoms in total. The van der Waals surface area contributed by atoms with Crippen molar-refractivity contribution in [2.45, 2.75) is 30.7 Å². The van der Waals surface area contributed by atoms with Gasteiger partial charge in [0.15, 0.2) is 0 Å². The smallest absolute Gasteiger partial charge is 0.248 e. The van der Waals surface area contributed by atoms with Crippen molar-refractivity contribution in [2.24, 2.45) is 0 Å². The van der Waals surface area contributed by atoms with Gasteiger partial charge in [-0.3, -0.25) is 0 Å². The minimum Gasteiger partial charge on any atom is -0.420 e. The van der Waals surface area contributed by atoms with E-state index in [2.05, 4.69) is 10.2 Å². The van der Waals surface area contributed by atoms with Crippen LogP contribution < -0.4 is 0 Å². The molecule has 2 unspecified atom stereocenters. The molecule has 2 heterocycles. The summed E-state index contributed by atoms with van der Waals surface area (Å²) in [5.74, 6) is 0.932. The Bertz CT molecular complexity index is 550. The zero-order valence-electron chi connectivity index (χ0n) is 10.7. The molecule has 100 valence electrons. The summed E-state index contributed by atoms with van der Waals surface area (Å²) in [6.07, 6.45) is 1.91. The van der Waals surface area contributed by atoms with Crippen molar-refractivity contribution in [3.8, 4) is 0 Å². The van der Waals surface area contributed by atoms with Crippen LogP contribution in [0.15, 0.2) is 34.7 Å². The van der Waals surface area contributed by atoms with Gasteiger partial charge in [-0.15, -0.1) is 21.8 Å². The third kappa shape index (κ3) is 2.38.